The number of thiophene rings is 1. The van der Waals surface area contributed by atoms with Crippen molar-refractivity contribution in [3.63, 3.8) is 0 Å². The molecular formula is C20H13BrO3S3. The third kappa shape index (κ3) is 3.52. The molecule has 27 heavy (non-hydrogen) atoms. The summed E-state index contributed by atoms with van der Waals surface area (Å²) in [4.78, 5) is 15.3. The SMILES string of the molecule is CS(=O)(=O)c1ccc(-c2sc3ccccc3c(=O)c2-c2ccc(Br)s2)cc1. The Hall–Kier alpha value is -1.80. The van der Waals surface area contributed by atoms with Crippen LogP contribution in [0.5, 0.6) is 0 Å². The van der Waals surface area contributed by atoms with Crippen LogP contribution in [0.15, 0.2) is 74.1 Å². The maximum absolute atomic E-state index is 13.3. The van der Waals surface area contributed by atoms with Crippen LogP contribution >= 0.6 is 38.6 Å². The molecular weight excluding hydrogens is 464 g/mol. The Morgan fingerprint density at radius 3 is 2.22 bits per heavy atom. The van der Waals surface area contributed by atoms with Crippen LogP contribution in [0.25, 0.3) is 31.0 Å². The van der Waals surface area contributed by atoms with E-state index in [1.54, 1.807) is 35.6 Å². The second kappa shape index (κ2) is 6.98. The molecule has 0 fully saturated rings. The molecule has 0 amide bonds. The van der Waals surface area contributed by atoms with E-state index in [1.807, 2.05) is 36.4 Å². The number of fused-ring (bicyclic) bond motifs is 1. The van der Waals surface area contributed by atoms with Gasteiger partial charge in [0.2, 0.25) is 0 Å². The zero-order valence-corrected chi connectivity index (χ0v) is 18.1. The van der Waals surface area contributed by atoms with E-state index in [-0.39, 0.29) is 10.3 Å². The van der Waals surface area contributed by atoms with Crippen molar-refractivity contribution in [2.24, 2.45) is 0 Å². The molecule has 3 nitrogen and oxygen atoms in total. The van der Waals surface area contributed by atoms with Crippen LogP contribution in [-0.4, -0.2) is 14.7 Å². The van der Waals surface area contributed by atoms with Gasteiger partial charge in [0.15, 0.2) is 15.3 Å². The lowest BCUT2D eigenvalue weighted by Crippen LogP contribution is -2.05. The van der Waals surface area contributed by atoms with Crippen molar-refractivity contribution in [3.05, 3.63) is 74.7 Å². The fourth-order valence-corrected chi connectivity index (χ4v) is 6.20. The molecule has 0 aliphatic heterocycles. The molecule has 0 saturated heterocycles. The number of sulfone groups is 1. The number of hydrogen-bond donors (Lipinski definition) is 0. The Kier molecular flexibility index (Phi) is 4.80. The van der Waals surface area contributed by atoms with Gasteiger partial charge in [0.1, 0.15) is 0 Å². The Morgan fingerprint density at radius 2 is 1.59 bits per heavy atom. The zero-order valence-electron chi connectivity index (χ0n) is 14.1. The van der Waals surface area contributed by atoms with E-state index < -0.39 is 9.84 Å². The standard InChI is InChI=1S/C20H13BrO3S3/c1-27(23,24)13-8-6-12(7-9-13)20-18(16-10-11-17(21)25-16)19(22)14-4-2-3-5-15(14)26-20/h2-11H,1H3. The highest BCUT2D eigenvalue weighted by molar-refractivity contribution is 9.11. The molecule has 0 bridgehead atoms. The van der Waals surface area contributed by atoms with Crippen molar-refractivity contribution in [2.75, 3.05) is 6.26 Å². The Labute approximate surface area is 173 Å². The van der Waals surface area contributed by atoms with Gasteiger partial charge in [-0.15, -0.1) is 22.7 Å². The van der Waals surface area contributed by atoms with Crippen molar-refractivity contribution in [1.29, 1.82) is 0 Å². The predicted octanol–water partition coefficient (Wildman–Crippen LogP) is 5.82. The second-order valence-electron chi connectivity index (χ2n) is 6.03. The van der Waals surface area contributed by atoms with Crippen LogP contribution < -0.4 is 5.43 Å². The van der Waals surface area contributed by atoms with Crippen molar-refractivity contribution in [2.45, 2.75) is 4.90 Å². The van der Waals surface area contributed by atoms with Crippen molar-refractivity contribution >= 4 is 58.5 Å². The Bertz CT molecular complexity index is 1320. The van der Waals surface area contributed by atoms with Gasteiger partial charge in [0, 0.05) is 26.1 Å². The summed E-state index contributed by atoms with van der Waals surface area (Å²) >= 11 is 6.52. The molecule has 0 atom stereocenters. The summed E-state index contributed by atoms with van der Waals surface area (Å²) in [6.07, 6.45) is 1.19. The molecule has 4 rings (SSSR count). The van der Waals surface area contributed by atoms with Crippen molar-refractivity contribution < 1.29 is 8.42 Å². The van der Waals surface area contributed by atoms with Crippen LogP contribution in [0.1, 0.15) is 0 Å². The summed E-state index contributed by atoms with van der Waals surface area (Å²) < 4.78 is 25.4. The molecule has 0 saturated carbocycles. The first-order chi connectivity index (χ1) is 12.8. The Balaban J connectivity index is 2.03. The summed E-state index contributed by atoms with van der Waals surface area (Å²) in [5.41, 5.74) is 1.47. The van der Waals surface area contributed by atoms with Crippen molar-refractivity contribution in [3.8, 4) is 20.9 Å². The maximum atomic E-state index is 13.3. The molecule has 0 N–H and O–H groups in total. The molecule has 0 aliphatic rings. The smallest absolute Gasteiger partial charge is 0.197 e. The molecule has 2 aromatic carbocycles. The fraction of sp³-hybridized carbons (Fsp3) is 0.0500. The molecule has 4 aromatic rings. The van der Waals surface area contributed by atoms with E-state index in [1.165, 1.54) is 17.6 Å². The maximum Gasteiger partial charge on any atom is 0.197 e. The average Bonchev–Trinajstić information content (AvgIpc) is 3.07. The lowest BCUT2D eigenvalue weighted by Gasteiger charge is -2.10. The van der Waals surface area contributed by atoms with Gasteiger partial charge in [-0.1, -0.05) is 24.3 Å². The molecule has 7 heteroatoms. The first-order valence-electron chi connectivity index (χ1n) is 7.96. The highest BCUT2D eigenvalue weighted by atomic mass is 79.9. The predicted molar refractivity (Wildman–Crippen MR) is 118 cm³/mol. The minimum absolute atomic E-state index is 0.0131. The van der Waals surface area contributed by atoms with Gasteiger partial charge in [-0.05, 0) is 57.9 Å². The normalized spacial score (nSPS) is 11.8. The molecule has 0 aliphatic carbocycles. The lowest BCUT2D eigenvalue weighted by molar-refractivity contribution is 0.602. The van der Waals surface area contributed by atoms with Crippen LogP contribution in [0, 0.1) is 0 Å². The summed E-state index contributed by atoms with van der Waals surface area (Å²) in [5, 5.41) is 0.693. The third-order valence-corrected chi connectivity index (χ3v) is 8.15. The first-order valence-corrected chi connectivity index (χ1v) is 12.3. The molecule has 2 aromatic heterocycles. The Morgan fingerprint density at radius 1 is 0.889 bits per heavy atom. The van der Waals surface area contributed by atoms with Gasteiger partial charge >= 0.3 is 0 Å². The van der Waals surface area contributed by atoms with Gasteiger partial charge in [-0.2, -0.15) is 0 Å². The lowest BCUT2D eigenvalue weighted by atomic mass is 10.1. The summed E-state index contributed by atoms with van der Waals surface area (Å²) in [5.74, 6) is 0. The molecule has 0 spiro atoms. The van der Waals surface area contributed by atoms with E-state index >= 15 is 0 Å². The fourth-order valence-electron chi connectivity index (χ4n) is 2.87. The monoisotopic (exact) mass is 476 g/mol. The second-order valence-corrected chi connectivity index (χ2v) is 11.6. The van der Waals surface area contributed by atoms with Gasteiger partial charge in [-0.3, -0.25) is 4.79 Å². The number of rotatable bonds is 3. The number of halogens is 1. The topological polar surface area (TPSA) is 51.2 Å². The summed E-state index contributed by atoms with van der Waals surface area (Å²) in [6, 6.07) is 18.1. The van der Waals surface area contributed by atoms with E-state index in [2.05, 4.69) is 15.9 Å². The van der Waals surface area contributed by atoms with E-state index in [0.29, 0.717) is 10.9 Å². The van der Waals surface area contributed by atoms with E-state index in [4.69, 9.17) is 0 Å². The van der Waals surface area contributed by atoms with E-state index in [9.17, 15) is 13.2 Å². The van der Waals surface area contributed by atoms with Gasteiger partial charge in [-0.25, -0.2) is 8.42 Å². The highest BCUT2D eigenvalue weighted by Gasteiger charge is 2.18. The van der Waals surface area contributed by atoms with E-state index in [0.717, 1.165) is 23.8 Å². The van der Waals surface area contributed by atoms with Crippen LogP contribution in [0.3, 0.4) is 0 Å². The number of benzene rings is 2. The number of hydrogen-bond acceptors (Lipinski definition) is 5. The van der Waals surface area contributed by atoms with Gasteiger partial charge < -0.3 is 0 Å². The minimum Gasteiger partial charge on any atom is -0.288 e. The summed E-state index contributed by atoms with van der Waals surface area (Å²) in [7, 11) is -3.27. The highest BCUT2D eigenvalue weighted by Crippen LogP contribution is 2.40. The quantitative estimate of drug-likeness (QED) is 0.374. The largest absolute Gasteiger partial charge is 0.288 e. The van der Waals surface area contributed by atoms with Crippen LogP contribution in [0.4, 0.5) is 0 Å². The van der Waals surface area contributed by atoms with Gasteiger partial charge in [0.25, 0.3) is 0 Å². The average molecular weight is 477 g/mol. The van der Waals surface area contributed by atoms with Crippen molar-refractivity contribution in [1.82, 2.24) is 0 Å². The van der Waals surface area contributed by atoms with Gasteiger partial charge in [0.05, 0.1) is 14.2 Å². The molecule has 0 unspecified atom stereocenters. The third-order valence-electron chi connectivity index (χ3n) is 4.16. The summed E-state index contributed by atoms with van der Waals surface area (Å²) in [6.45, 7) is 0. The molecule has 2 heterocycles. The molecule has 136 valence electrons. The van der Waals surface area contributed by atoms with Crippen LogP contribution in [0.2, 0.25) is 0 Å². The molecule has 0 radical (unpaired) electrons. The minimum atomic E-state index is -3.27. The zero-order chi connectivity index (χ0) is 19.2. The van der Waals surface area contributed by atoms with Crippen LogP contribution in [-0.2, 0) is 9.84 Å². The first kappa shape index (κ1) is 18.6.